The van der Waals surface area contributed by atoms with Gasteiger partial charge in [-0.15, -0.1) is 0 Å². The minimum atomic E-state index is -0.315. The number of methoxy groups -OCH3 is 1. The first kappa shape index (κ1) is 15.6. The molecule has 1 amide bonds. The molecule has 0 fully saturated rings. The average Bonchev–Trinajstić information content (AvgIpc) is 2.99. The van der Waals surface area contributed by atoms with Gasteiger partial charge in [-0.1, -0.05) is 23.7 Å². The Bertz CT molecular complexity index is 551. The van der Waals surface area contributed by atoms with Crippen molar-refractivity contribution in [1.29, 1.82) is 0 Å². The fourth-order valence-electron chi connectivity index (χ4n) is 2.09. The van der Waals surface area contributed by atoms with Crippen LogP contribution in [0.4, 0.5) is 0 Å². The molecule has 1 heterocycles. The molecule has 2 rings (SSSR count). The summed E-state index contributed by atoms with van der Waals surface area (Å²) in [5, 5.41) is 3.52. The van der Waals surface area contributed by atoms with Crippen LogP contribution in [0.25, 0.3) is 0 Å². The van der Waals surface area contributed by atoms with Crippen LogP contribution in [0.15, 0.2) is 47.1 Å². The molecule has 1 unspecified atom stereocenters. The lowest BCUT2D eigenvalue weighted by Crippen LogP contribution is -2.32. The quantitative estimate of drug-likeness (QED) is 0.800. The fourth-order valence-corrected chi connectivity index (χ4v) is 2.21. The van der Waals surface area contributed by atoms with E-state index >= 15 is 0 Å². The number of amides is 1. The van der Waals surface area contributed by atoms with Crippen LogP contribution in [0.5, 0.6) is 0 Å². The van der Waals surface area contributed by atoms with Gasteiger partial charge in [0.25, 0.3) is 0 Å². The van der Waals surface area contributed by atoms with Crippen molar-refractivity contribution in [3.63, 3.8) is 0 Å². The molecule has 0 radical (unpaired) electrons. The van der Waals surface area contributed by atoms with Gasteiger partial charge in [0, 0.05) is 25.1 Å². The normalized spacial score (nSPS) is 12.1. The van der Waals surface area contributed by atoms with E-state index in [0.717, 1.165) is 11.3 Å². The summed E-state index contributed by atoms with van der Waals surface area (Å²) < 4.78 is 10.3. The Labute approximate surface area is 129 Å². The van der Waals surface area contributed by atoms with Crippen LogP contribution in [0.3, 0.4) is 0 Å². The molecule has 0 aliphatic heterocycles. The van der Waals surface area contributed by atoms with Gasteiger partial charge in [-0.2, -0.15) is 0 Å². The summed E-state index contributed by atoms with van der Waals surface area (Å²) in [7, 11) is 1.60. The lowest BCUT2D eigenvalue weighted by Gasteiger charge is -2.16. The second-order valence-corrected chi connectivity index (χ2v) is 5.11. The number of nitrogens with one attached hydrogen (secondary N) is 1. The maximum atomic E-state index is 12.4. The summed E-state index contributed by atoms with van der Waals surface area (Å²) >= 11 is 5.91. The molecule has 0 spiro atoms. The zero-order chi connectivity index (χ0) is 15.1. The topological polar surface area (TPSA) is 51.5 Å². The molecule has 5 heteroatoms. The van der Waals surface area contributed by atoms with Crippen LogP contribution in [0, 0.1) is 0 Å². The number of halogens is 1. The van der Waals surface area contributed by atoms with Crippen molar-refractivity contribution in [3.05, 3.63) is 59.0 Å². The number of ether oxygens (including phenoxy) is 1. The summed E-state index contributed by atoms with van der Waals surface area (Å²) in [6, 6.07) is 11.0. The number of benzene rings is 1. The number of carbonyl (C=O) groups is 1. The predicted molar refractivity (Wildman–Crippen MR) is 81.5 cm³/mol. The molecule has 0 aliphatic rings. The molecule has 21 heavy (non-hydrogen) atoms. The van der Waals surface area contributed by atoms with E-state index in [0.29, 0.717) is 24.6 Å². The molecule has 0 bridgehead atoms. The third-order valence-electron chi connectivity index (χ3n) is 3.18. The molecule has 1 atom stereocenters. The Balaban J connectivity index is 2.13. The Morgan fingerprint density at radius 3 is 2.71 bits per heavy atom. The Morgan fingerprint density at radius 2 is 2.10 bits per heavy atom. The standard InChI is InChI=1S/C16H18ClNO3/c1-20-10-8-18-16(19)15(11-14-3-2-9-21-14)12-4-6-13(17)7-5-12/h2-7,9,15H,8,10-11H2,1H3,(H,18,19). The number of rotatable bonds is 7. The minimum Gasteiger partial charge on any atom is -0.469 e. The van der Waals surface area contributed by atoms with Gasteiger partial charge in [0.05, 0.1) is 18.8 Å². The number of hydrogen-bond donors (Lipinski definition) is 1. The maximum absolute atomic E-state index is 12.4. The molecule has 1 N–H and O–H groups in total. The molecule has 0 aliphatic carbocycles. The van der Waals surface area contributed by atoms with Crippen LogP contribution in [-0.4, -0.2) is 26.2 Å². The Kier molecular flexibility index (Phi) is 5.84. The van der Waals surface area contributed by atoms with Crippen molar-refractivity contribution in [2.75, 3.05) is 20.3 Å². The van der Waals surface area contributed by atoms with Crippen molar-refractivity contribution in [2.45, 2.75) is 12.3 Å². The van der Waals surface area contributed by atoms with E-state index in [4.69, 9.17) is 20.8 Å². The summed E-state index contributed by atoms with van der Waals surface area (Å²) in [5.41, 5.74) is 0.908. The zero-order valence-electron chi connectivity index (χ0n) is 11.8. The van der Waals surface area contributed by atoms with Gasteiger partial charge < -0.3 is 14.5 Å². The maximum Gasteiger partial charge on any atom is 0.228 e. The monoisotopic (exact) mass is 307 g/mol. The van der Waals surface area contributed by atoms with E-state index in [2.05, 4.69) is 5.32 Å². The second kappa shape index (κ2) is 7.86. The van der Waals surface area contributed by atoms with Crippen LogP contribution < -0.4 is 5.32 Å². The molecule has 0 saturated carbocycles. The van der Waals surface area contributed by atoms with E-state index in [1.54, 1.807) is 25.5 Å². The fraction of sp³-hybridized carbons (Fsp3) is 0.312. The smallest absolute Gasteiger partial charge is 0.228 e. The average molecular weight is 308 g/mol. The van der Waals surface area contributed by atoms with Crippen molar-refractivity contribution < 1.29 is 13.9 Å². The first-order valence-electron chi connectivity index (χ1n) is 6.75. The molecule has 2 aromatic rings. The second-order valence-electron chi connectivity index (χ2n) is 4.67. The van der Waals surface area contributed by atoms with Gasteiger partial charge in [0.1, 0.15) is 5.76 Å². The summed E-state index contributed by atoms with van der Waals surface area (Å²) in [4.78, 5) is 12.4. The molecule has 4 nitrogen and oxygen atoms in total. The highest BCUT2D eigenvalue weighted by molar-refractivity contribution is 6.30. The van der Waals surface area contributed by atoms with Gasteiger partial charge in [0.15, 0.2) is 0 Å². The van der Waals surface area contributed by atoms with E-state index in [1.165, 1.54) is 0 Å². The summed E-state index contributed by atoms with van der Waals surface area (Å²) in [5.74, 6) is 0.410. The van der Waals surface area contributed by atoms with E-state index in [-0.39, 0.29) is 11.8 Å². The number of carbonyl (C=O) groups excluding carboxylic acids is 1. The van der Waals surface area contributed by atoms with Gasteiger partial charge in [-0.05, 0) is 29.8 Å². The number of furan rings is 1. The summed E-state index contributed by atoms with van der Waals surface area (Å²) in [6.45, 7) is 0.970. The molecular weight excluding hydrogens is 290 g/mol. The van der Waals surface area contributed by atoms with Gasteiger partial charge in [-0.3, -0.25) is 4.79 Å². The van der Waals surface area contributed by atoms with Crippen molar-refractivity contribution >= 4 is 17.5 Å². The van der Waals surface area contributed by atoms with Gasteiger partial charge >= 0.3 is 0 Å². The highest BCUT2D eigenvalue weighted by atomic mass is 35.5. The van der Waals surface area contributed by atoms with E-state index in [9.17, 15) is 4.79 Å². The van der Waals surface area contributed by atoms with Crippen LogP contribution in [0.2, 0.25) is 5.02 Å². The molecule has 0 saturated heterocycles. The van der Waals surface area contributed by atoms with Crippen molar-refractivity contribution in [3.8, 4) is 0 Å². The zero-order valence-corrected chi connectivity index (χ0v) is 12.6. The van der Waals surface area contributed by atoms with Crippen LogP contribution in [0.1, 0.15) is 17.2 Å². The Hall–Kier alpha value is -1.78. The third-order valence-corrected chi connectivity index (χ3v) is 3.43. The Morgan fingerprint density at radius 1 is 1.33 bits per heavy atom. The van der Waals surface area contributed by atoms with E-state index in [1.807, 2.05) is 24.3 Å². The minimum absolute atomic E-state index is 0.0502. The first-order chi connectivity index (χ1) is 10.2. The third kappa shape index (κ3) is 4.62. The van der Waals surface area contributed by atoms with Gasteiger partial charge in [-0.25, -0.2) is 0 Å². The predicted octanol–water partition coefficient (Wildman–Crippen LogP) is 3.02. The van der Waals surface area contributed by atoms with E-state index < -0.39 is 0 Å². The molecule has 1 aromatic heterocycles. The molecular formula is C16H18ClNO3. The largest absolute Gasteiger partial charge is 0.469 e. The first-order valence-corrected chi connectivity index (χ1v) is 7.13. The van der Waals surface area contributed by atoms with Crippen LogP contribution in [-0.2, 0) is 16.0 Å². The molecule has 112 valence electrons. The highest BCUT2D eigenvalue weighted by Crippen LogP contribution is 2.23. The van der Waals surface area contributed by atoms with Crippen molar-refractivity contribution in [1.82, 2.24) is 5.32 Å². The van der Waals surface area contributed by atoms with Gasteiger partial charge in [0.2, 0.25) is 5.91 Å². The lowest BCUT2D eigenvalue weighted by atomic mass is 9.93. The highest BCUT2D eigenvalue weighted by Gasteiger charge is 2.22. The summed E-state index contributed by atoms with van der Waals surface area (Å²) in [6.07, 6.45) is 2.12. The van der Waals surface area contributed by atoms with Crippen molar-refractivity contribution in [2.24, 2.45) is 0 Å². The van der Waals surface area contributed by atoms with Crippen LogP contribution >= 0.6 is 11.6 Å². The number of hydrogen-bond acceptors (Lipinski definition) is 3. The molecule has 1 aromatic carbocycles. The SMILES string of the molecule is COCCNC(=O)C(Cc1ccco1)c1ccc(Cl)cc1. The lowest BCUT2D eigenvalue weighted by molar-refractivity contribution is -0.122.